The third kappa shape index (κ3) is 10.1. The second kappa shape index (κ2) is 18.0. The number of rotatable bonds is 17. The fourth-order valence-corrected chi connectivity index (χ4v) is 7.52. The molecule has 3 N–H and O–H groups in total. The van der Waals surface area contributed by atoms with E-state index in [9.17, 15) is 18.9 Å². The van der Waals surface area contributed by atoms with E-state index in [0.717, 1.165) is 19.6 Å². The summed E-state index contributed by atoms with van der Waals surface area (Å²) in [4.78, 5) is 45.7. The first kappa shape index (κ1) is 41.1. The van der Waals surface area contributed by atoms with Crippen molar-refractivity contribution in [3.05, 3.63) is 54.5 Å². The SMILES string of the molecule is CC(C)C(=O)O[C@H]1[C@H](c2ccc3c(N)ncnn23)O[C@](C)(COP(=O)(N[C@@H](C)C(=O)OCCCN2CCOCC2)Oc2ccccc2)[C@H]1OC(=O)C(C)C. The average molecular weight is 775 g/mol. The second-order valence-corrected chi connectivity index (χ2v) is 15.8. The van der Waals surface area contributed by atoms with Crippen LogP contribution in [0.5, 0.6) is 5.75 Å². The van der Waals surface area contributed by atoms with Gasteiger partial charge in [0.15, 0.2) is 18.0 Å². The third-order valence-corrected chi connectivity index (χ3v) is 10.6. The molecule has 17 nitrogen and oxygen atoms in total. The lowest BCUT2D eigenvalue weighted by Crippen LogP contribution is -2.49. The van der Waals surface area contributed by atoms with E-state index in [0.29, 0.717) is 30.8 Å². The van der Waals surface area contributed by atoms with Gasteiger partial charge in [0, 0.05) is 19.6 Å². The maximum atomic E-state index is 14.6. The molecule has 2 saturated heterocycles. The molecule has 0 aliphatic carbocycles. The molecule has 1 aromatic carbocycles. The van der Waals surface area contributed by atoms with E-state index in [4.69, 9.17) is 38.5 Å². The Morgan fingerprint density at radius 1 is 1.00 bits per heavy atom. The van der Waals surface area contributed by atoms with Gasteiger partial charge in [-0.05, 0) is 44.5 Å². The van der Waals surface area contributed by atoms with E-state index in [1.165, 1.54) is 17.8 Å². The van der Waals surface area contributed by atoms with Crippen molar-refractivity contribution in [3.8, 4) is 5.75 Å². The van der Waals surface area contributed by atoms with Gasteiger partial charge in [0.25, 0.3) is 0 Å². The van der Waals surface area contributed by atoms with Crippen LogP contribution in [-0.4, -0.2) is 107 Å². The molecular weight excluding hydrogens is 723 g/mol. The fraction of sp³-hybridized carbons (Fsp3) is 0.583. The largest absolute Gasteiger partial charge is 0.464 e. The molecule has 2 fully saturated rings. The van der Waals surface area contributed by atoms with Crippen molar-refractivity contribution >= 4 is 37.0 Å². The van der Waals surface area contributed by atoms with Crippen molar-refractivity contribution in [1.82, 2.24) is 24.6 Å². The predicted molar refractivity (Wildman–Crippen MR) is 195 cm³/mol. The number of aromatic nitrogens is 3. The second-order valence-electron chi connectivity index (χ2n) is 14.1. The third-order valence-electron chi connectivity index (χ3n) is 9.00. The van der Waals surface area contributed by atoms with Gasteiger partial charge in [0.2, 0.25) is 0 Å². The van der Waals surface area contributed by atoms with Crippen LogP contribution in [0.4, 0.5) is 5.82 Å². The molecule has 3 aromatic rings. The molecular formula is C36H51N6O11P. The van der Waals surface area contributed by atoms with Crippen molar-refractivity contribution in [2.75, 3.05) is 51.8 Å². The van der Waals surface area contributed by atoms with Gasteiger partial charge in [0.1, 0.15) is 35.3 Å². The number of fused-ring (bicyclic) bond motifs is 1. The molecule has 18 heteroatoms. The van der Waals surface area contributed by atoms with Gasteiger partial charge >= 0.3 is 25.7 Å². The zero-order chi connectivity index (χ0) is 39.0. The molecule has 4 heterocycles. The molecule has 1 unspecified atom stereocenters. The maximum Gasteiger partial charge on any atom is 0.459 e. The number of esters is 3. The molecule has 0 bridgehead atoms. The smallest absolute Gasteiger partial charge is 0.459 e. The van der Waals surface area contributed by atoms with Crippen molar-refractivity contribution in [1.29, 1.82) is 0 Å². The van der Waals surface area contributed by atoms with Gasteiger partial charge in [-0.3, -0.25) is 23.8 Å². The monoisotopic (exact) mass is 774 g/mol. The molecule has 5 rings (SSSR count). The van der Waals surface area contributed by atoms with Gasteiger partial charge in [-0.2, -0.15) is 10.2 Å². The predicted octanol–water partition coefficient (Wildman–Crippen LogP) is 3.72. The van der Waals surface area contributed by atoms with Crippen LogP contribution in [0.3, 0.4) is 0 Å². The van der Waals surface area contributed by atoms with Crippen molar-refractivity contribution in [3.63, 3.8) is 0 Å². The summed E-state index contributed by atoms with van der Waals surface area (Å²) in [6.45, 7) is 13.1. The first-order valence-electron chi connectivity index (χ1n) is 18.1. The highest BCUT2D eigenvalue weighted by Crippen LogP contribution is 2.50. The van der Waals surface area contributed by atoms with E-state index in [1.54, 1.807) is 77.1 Å². The molecule has 0 saturated carbocycles. The first-order valence-corrected chi connectivity index (χ1v) is 19.6. The quantitative estimate of drug-likeness (QED) is 0.0868. The average Bonchev–Trinajstić information content (AvgIpc) is 3.69. The van der Waals surface area contributed by atoms with Gasteiger partial charge in [0.05, 0.1) is 44.0 Å². The minimum absolute atomic E-state index is 0.157. The highest BCUT2D eigenvalue weighted by Gasteiger charge is 2.59. The highest BCUT2D eigenvalue weighted by atomic mass is 31.2. The van der Waals surface area contributed by atoms with Gasteiger partial charge in [-0.25, -0.2) is 14.1 Å². The Labute approximate surface area is 314 Å². The lowest BCUT2D eigenvalue weighted by molar-refractivity contribution is -0.175. The number of benzene rings is 1. The number of hydrogen-bond acceptors (Lipinski definition) is 15. The zero-order valence-corrected chi connectivity index (χ0v) is 32.4. The van der Waals surface area contributed by atoms with Crippen LogP contribution in [0.1, 0.15) is 59.8 Å². The molecule has 0 spiro atoms. The highest BCUT2D eigenvalue weighted by molar-refractivity contribution is 7.52. The summed E-state index contributed by atoms with van der Waals surface area (Å²) in [5.41, 5.74) is 5.39. The maximum absolute atomic E-state index is 14.6. The number of nitrogens with zero attached hydrogens (tertiary/aromatic N) is 4. The van der Waals surface area contributed by atoms with Crippen LogP contribution in [0.2, 0.25) is 0 Å². The minimum Gasteiger partial charge on any atom is -0.464 e. The Morgan fingerprint density at radius 3 is 2.37 bits per heavy atom. The van der Waals surface area contributed by atoms with Crippen LogP contribution in [0.15, 0.2) is 48.8 Å². The van der Waals surface area contributed by atoms with E-state index < -0.39 is 74.1 Å². The number of nitrogens with two attached hydrogens (primary N) is 1. The number of anilines is 1. The minimum atomic E-state index is -4.42. The molecule has 6 atom stereocenters. The number of carbonyl (C=O) groups excluding carboxylic acids is 3. The normalized spacial score (nSPS) is 23.6. The van der Waals surface area contributed by atoms with E-state index in [-0.39, 0.29) is 18.2 Å². The van der Waals surface area contributed by atoms with Gasteiger partial charge < -0.3 is 33.9 Å². The Bertz CT molecular complexity index is 1790. The molecule has 296 valence electrons. The number of ether oxygens (including phenoxy) is 5. The Balaban J connectivity index is 1.41. The molecule has 0 radical (unpaired) electrons. The number of nitrogen functional groups attached to an aromatic ring is 1. The standard InChI is InChI=1S/C36H51N6O11P/c1-23(2)33(43)50-30-29(27-13-14-28-32(37)38-22-39-42(27)28)52-36(6,31(30)51-34(44)24(3)4)21-49-54(46,53-26-11-8-7-9-12-26)40-25(5)35(45)48-18-10-15-41-16-19-47-20-17-41/h7-9,11-14,22-25,29-31H,10,15-21H2,1-6H3,(H,40,46)(H2,37,38,39)/t25-,29-,30-,31-,36+,54?/m0/s1. The first-order chi connectivity index (χ1) is 25.7. The summed E-state index contributed by atoms with van der Waals surface area (Å²) in [5, 5.41) is 7.03. The van der Waals surface area contributed by atoms with Crippen molar-refractivity contribution < 1.29 is 51.7 Å². The number of hydrogen-bond donors (Lipinski definition) is 2. The lowest BCUT2D eigenvalue weighted by atomic mass is 9.95. The van der Waals surface area contributed by atoms with E-state index in [2.05, 4.69) is 20.1 Å². The molecule has 54 heavy (non-hydrogen) atoms. The summed E-state index contributed by atoms with van der Waals surface area (Å²) in [6.07, 6.45) is -1.67. The molecule has 2 aliphatic heterocycles. The molecule has 2 aliphatic rings. The van der Waals surface area contributed by atoms with E-state index in [1.807, 2.05) is 0 Å². The number of morpholine rings is 1. The number of para-hydroxylation sites is 1. The van der Waals surface area contributed by atoms with Gasteiger partial charge in [-0.1, -0.05) is 45.9 Å². The van der Waals surface area contributed by atoms with E-state index >= 15 is 0 Å². The Morgan fingerprint density at radius 2 is 1.69 bits per heavy atom. The van der Waals surface area contributed by atoms with Crippen molar-refractivity contribution in [2.24, 2.45) is 11.8 Å². The summed E-state index contributed by atoms with van der Waals surface area (Å²) < 4.78 is 57.6. The summed E-state index contributed by atoms with van der Waals surface area (Å²) in [7, 11) is -4.42. The zero-order valence-electron chi connectivity index (χ0n) is 31.5. The Kier molecular flexibility index (Phi) is 13.7. The topological polar surface area (TPSA) is 204 Å². The lowest BCUT2D eigenvalue weighted by Gasteiger charge is -2.33. The fourth-order valence-electron chi connectivity index (χ4n) is 5.93. The molecule has 2 aromatic heterocycles. The van der Waals surface area contributed by atoms with Crippen LogP contribution in [0.25, 0.3) is 5.52 Å². The van der Waals surface area contributed by atoms with Crippen molar-refractivity contribution in [2.45, 2.75) is 77.9 Å². The summed E-state index contributed by atoms with van der Waals surface area (Å²) in [6, 6.07) is 10.5. The van der Waals surface area contributed by atoms with Crippen LogP contribution < -0.4 is 15.3 Å². The van der Waals surface area contributed by atoms with Crippen LogP contribution in [-0.2, 0) is 47.2 Å². The number of carbonyl (C=O) groups is 3. The van der Waals surface area contributed by atoms with Gasteiger partial charge in [-0.15, -0.1) is 0 Å². The number of nitrogens with one attached hydrogen (secondary N) is 1. The van der Waals surface area contributed by atoms with Crippen LogP contribution >= 0.6 is 7.75 Å². The van der Waals surface area contributed by atoms with Crippen LogP contribution in [0, 0.1) is 11.8 Å². The summed E-state index contributed by atoms with van der Waals surface area (Å²) >= 11 is 0. The Hall–Kier alpha value is -4.12. The summed E-state index contributed by atoms with van der Waals surface area (Å²) in [5.74, 6) is -2.54. The molecule has 0 amide bonds.